The molecule has 2 nitrogen and oxygen atoms in total. The summed E-state index contributed by atoms with van der Waals surface area (Å²) in [6.45, 7) is 16.3. The lowest BCUT2D eigenvalue weighted by Crippen LogP contribution is -2.14. The summed E-state index contributed by atoms with van der Waals surface area (Å²) in [6, 6.07) is 4.01. The highest BCUT2D eigenvalue weighted by Crippen LogP contribution is 2.29. The topological polar surface area (TPSA) is 26.3 Å². The Balaban J connectivity index is 2.48. The van der Waals surface area contributed by atoms with E-state index in [9.17, 15) is 4.79 Å². The van der Waals surface area contributed by atoms with Crippen molar-refractivity contribution in [1.82, 2.24) is 0 Å². The minimum Gasteiger partial charge on any atom is -0.423 e. The molecule has 0 saturated carbocycles. The van der Waals surface area contributed by atoms with Crippen LogP contribution in [0.25, 0.3) is 0 Å². The normalized spacial score (nSPS) is 10.8. The third-order valence-corrected chi connectivity index (χ3v) is 5.20. The maximum absolute atomic E-state index is 12.8. The van der Waals surface area contributed by atoms with Crippen molar-refractivity contribution in [1.29, 1.82) is 0 Å². The molecule has 0 spiro atoms. The van der Waals surface area contributed by atoms with Crippen molar-refractivity contribution in [2.45, 2.75) is 55.4 Å². The minimum atomic E-state index is -0.270. The number of hydrogen-bond acceptors (Lipinski definition) is 2. The summed E-state index contributed by atoms with van der Waals surface area (Å²) in [5.74, 6) is 0.390. The predicted molar refractivity (Wildman–Crippen MR) is 95.7 cm³/mol. The summed E-state index contributed by atoms with van der Waals surface area (Å²) < 4.78 is 5.77. The first kappa shape index (κ1) is 17.3. The van der Waals surface area contributed by atoms with E-state index in [2.05, 4.69) is 26.8 Å². The fraction of sp³-hybridized carbons (Fsp3) is 0.381. The van der Waals surface area contributed by atoms with Gasteiger partial charge in [-0.2, -0.15) is 0 Å². The molecule has 0 saturated heterocycles. The van der Waals surface area contributed by atoms with Crippen molar-refractivity contribution in [3.8, 4) is 5.75 Å². The van der Waals surface area contributed by atoms with E-state index in [-0.39, 0.29) is 5.97 Å². The van der Waals surface area contributed by atoms with E-state index in [0.29, 0.717) is 11.3 Å². The Labute approximate surface area is 139 Å². The Hall–Kier alpha value is -2.09. The van der Waals surface area contributed by atoms with Crippen LogP contribution in [-0.2, 0) is 0 Å². The molecule has 0 heterocycles. The van der Waals surface area contributed by atoms with Gasteiger partial charge >= 0.3 is 5.97 Å². The molecule has 0 N–H and O–H groups in total. The second kappa shape index (κ2) is 6.19. The summed E-state index contributed by atoms with van der Waals surface area (Å²) in [4.78, 5) is 12.8. The van der Waals surface area contributed by atoms with E-state index >= 15 is 0 Å². The smallest absolute Gasteiger partial charge is 0.344 e. The first-order chi connectivity index (χ1) is 10.6. The lowest BCUT2D eigenvalue weighted by Gasteiger charge is -2.17. The second-order valence-corrected chi connectivity index (χ2v) is 6.59. The van der Waals surface area contributed by atoms with Crippen LogP contribution >= 0.6 is 0 Å². The van der Waals surface area contributed by atoms with Gasteiger partial charge in [0.05, 0.1) is 5.56 Å². The number of benzene rings is 2. The summed E-state index contributed by atoms with van der Waals surface area (Å²) >= 11 is 0. The van der Waals surface area contributed by atoms with E-state index in [0.717, 1.165) is 27.8 Å². The van der Waals surface area contributed by atoms with Crippen LogP contribution in [0, 0.1) is 55.4 Å². The summed E-state index contributed by atoms with van der Waals surface area (Å²) in [7, 11) is 0. The van der Waals surface area contributed by atoms with E-state index in [1.165, 1.54) is 16.7 Å². The van der Waals surface area contributed by atoms with E-state index < -0.39 is 0 Å². The van der Waals surface area contributed by atoms with Gasteiger partial charge in [-0.3, -0.25) is 0 Å². The number of aryl methyl sites for hydroxylation is 3. The van der Waals surface area contributed by atoms with Crippen molar-refractivity contribution in [2.75, 3.05) is 0 Å². The number of esters is 1. The maximum Gasteiger partial charge on any atom is 0.344 e. The van der Waals surface area contributed by atoms with E-state index in [1.807, 2.05) is 40.7 Å². The van der Waals surface area contributed by atoms with Crippen molar-refractivity contribution >= 4 is 5.97 Å². The monoisotopic (exact) mass is 310 g/mol. The molecule has 0 aromatic heterocycles. The molecule has 2 aromatic rings. The Morgan fingerprint density at radius 2 is 1.17 bits per heavy atom. The highest BCUT2D eigenvalue weighted by Gasteiger charge is 2.19. The number of hydrogen-bond donors (Lipinski definition) is 0. The van der Waals surface area contributed by atoms with Crippen LogP contribution in [0.4, 0.5) is 0 Å². The zero-order valence-electron chi connectivity index (χ0n) is 15.5. The Morgan fingerprint density at radius 1 is 0.652 bits per heavy atom. The maximum atomic E-state index is 12.8. The van der Waals surface area contributed by atoms with Crippen LogP contribution in [0.3, 0.4) is 0 Å². The molecule has 0 aliphatic rings. The third-order valence-electron chi connectivity index (χ3n) is 5.20. The highest BCUT2D eigenvalue weighted by molar-refractivity contribution is 5.95. The molecular formula is C21H26O2. The third kappa shape index (κ3) is 3.03. The average Bonchev–Trinajstić information content (AvgIpc) is 2.48. The number of carbonyl (C=O) groups is 1. The SMILES string of the molecule is Cc1cc(OC(=O)c2c(C)cc(C)c(C)c2C)c(C)c(C)c1C. The van der Waals surface area contributed by atoms with E-state index in [1.54, 1.807) is 0 Å². The molecule has 0 aliphatic carbocycles. The molecule has 0 amide bonds. The molecule has 0 bridgehead atoms. The number of rotatable bonds is 2. The Morgan fingerprint density at radius 3 is 1.78 bits per heavy atom. The van der Waals surface area contributed by atoms with Gasteiger partial charge in [0.15, 0.2) is 0 Å². The Bertz CT molecular complexity index is 798. The number of ether oxygens (including phenoxy) is 1. The van der Waals surface area contributed by atoms with Crippen molar-refractivity contribution in [3.63, 3.8) is 0 Å². The van der Waals surface area contributed by atoms with Gasteiger partial charge in [0.2, 0.25) is 0 Å². The van der Waals surface area contributed by atoms with Crippen molar-refractivity contribution < 1.29 is 9.53 Å². The lowest BCUT2D eigenvalue weighted by molar-refractivity contribution is 0.0731. The van der Waals surface area contributed by atoms with Crippen LogP contribution in [-0.4, -0.2) is 5.97 Å². The van der Waals surface area contributed by atoms with E-state index in [4.69, 9.17) is 4.74 Å². The molecular weight excluding hydrogens is 284 g/mol. The van der Waals surface area contributed by atoms with Crippen LogP contribution in [0.5, 0.6) is 5.75 Å². The zero-order valence-corrected chi connectivity index (χ0v) is 15.5. The molecule has 0 aliphatic heterocycles. The highest BCUT2D eigenvalue weighted by atomic mass is 16.5. The Kier molecular flexibility index (Phi) is 4.65. The molecule has 23 heavy (non-hydrogen) atoms. The molecule has 0 atom stereocenters. The molecule has 2 rings (SSSR count). The lowest BCUT2D eigenvalue weighted by atomic mass is 9.94. The largest absolute Gasteiger partial charge is 0.423 e. The van der Waals surface area contributed by atoms with Crippen LogP contribution < -0.4 is 4.74 Å². The summed E-state index contributed by atoms with van der Waals surface area (Å²) in [5.41, 5.74) is 9.61. The van der Waals surface area contributed by atoms with Crippen LogP contribution in [0.2, 0.25) is 0 Å². The fourth-order valence-electron chi connectivity index (χ4n) is 3.03. The second-order valence-electron chi connectivity index (χ2n) is 6.59. The van der Waals surface area contributed by atoms with Gasteiger partial charge in [-0.05, 0) is 106 Å². The van der Waals surface area contributed by atoms with Gasteiger partial charge in [-0.1, -0.05) is 6.07 Å². The zero-order chi connectivity index (χ0) is 17.5. The average molecular weight is 310 g/mol. The summed E-state index contributed by atoms with van der Waals surface area (Å²) in [5, 5.41) is 0. The first-order valence-electron chi connectivity index (χ1n) is 8.02. The van der Waals surface area contributed by atoms with Gasteiger partial charge in [0, 0.05) is 0 Å². The van der Waals surface area contributed by atoms with Crippen LogP contribution in [0.15, 0.2) is 12.1 Å². The molecule has 0 unspecified atom stereocenters. The molecule has 122 valence electrons. The number of carbonyl (C=O) groups excluding carboxylic acids is 1. The molecule has 0 fully saturated rings. The molecule has 2 heteroatoms. The molecule has 2 aromatic carbocycles. The van der Waals surface area contributed by atoms with Crippen molar-refractivity contribution in [2.24, 2.45) is 0 Å². The fourth-order valence-corrected chi connectivity index (χ4v) is 3.03. The van der Waals surface area contributed by atoms with Gasteiger partial charge in [-0.25, -0.2) is 4.79 Å². The van der Waals surface area contributed by atoms with Gasteiger partial charge in [0.25, 0.3) is 0 Å². The quantitative estimate of drug-likeness (QED) is 0.550. The van der Waals surface area contributed by atoms with Crippen molar-refractivity contribution in [3.05, 3.63) is 62.2 Å². The first-order valence-corrected chi connectivity index (χ1v) is 8.02. The van der Waals surface area contributed by atoms with Gasteiger partial charge in [0.1, 0.15) is 5.75 Å². The molecule has 0 radical (unpaired) electrons. The van der Waals surface area contributed by atoms with Gasteiger partial charge < -0.3 is 4.74 Å². The predicted octanol–water partition coefficient (Wildman–Crippen LogP) is 5.37. The minimum absolute atomic E-state index is 0.270. The van der Waals surface area contributed by atoms with Gasteiger partial charge in [-0.15, -0.1) is 0 Å². The van der Waals surface area contributed by atoms with Crippen LogP contribution in [0.1, 0.15) is 54.9 Å². The summed E-state index contributed by atoms with van der Waals surface area (Å²) in [6.07, 6.45) is 0. The standard InChI is InChI=1S/C21H26O2/c1-11-9-13(3)20(18(8)15(11)5)21(22)23-19-10-12(2)14(4)16(6)17(19)7/h9-10H,1-8H3.